The van der Waals surface area contributed by atoms with E-state index in [4.69, 9.17) is 32.6 Å². The molecule has 0 atom stereocenters. The van der Waals surface area contributed by atoms with Gasteiger partial charge in [0.05, 0.1) is 33.8 Å². The highest BCUT2D eigenvalue weighted by Crippen LogP contribution is 2.30. The Morgan fingerprint density at radius 2 is 1.89 bits per heavy atom. The fraction of sp³-hybridized carbons (Fsp3) is 0.100. The third kappa shape index (κ3) is 3.76. The van der Waals surface area contributed by atoms with E-state index in [9.17, 15) is 4.79 Å². The van der Waals surface area contributed by atoms with Gasteiger partial charge in [-0.25, -0.2) is 4.98 Å². The van der Waals surface area contributed by atoms with Crippen LogP contribution in [0.2, 0.25) is 10.0 Å². The number of nitrogens with zero attached hydrogens (tertiary/aromatic N) is 2. The minimum absolute atomic E-state index is 0.100. The van der Waals surface area contributed by atoms with Crippen molar-refractivity contribution in [3.8, 4) is 0 Å². The van der Waals surface area contributed by atoms with Crippen LogP contribution >= 0.6 is 35.0 Å². The third-order valence-electron chi connectivity index (χ3n) is 4.11. The first-order valence-electron chi connectivity index (χ1n) is 8.21. The van der Waals surface area contributed by atoms with E-state index in [1.165, 1.54) is 11.8 Å². The Labute approximate surface area is 169 Å². The van der Waals surface area contributed by atoms with Gasteiger partial charge in [-0.2, -0.15) is 0 Å². The zero-order valence-electron chi connectivity index (χ0n) is 14.1. The molecule has 4 aromatic rings. The molecule has 7 heteroatoms. The number of hydrogen-bond donors (Lipinski definition) is 0. The topological polar surface area (TPSA) is 48.0 Å². The Morgan fingerprint density at radius 1 is 1.04 bits per heavy atom. The van der Waals surface area contributed by atoms with Crippen molar-refractivity contribution in [2.75, 3.05) is 0 Å². The molecule has 27 heavy (non-hydrogen) atoms. The standard InChI is InChI=1S/C20H14Cl2N2O2S/c21-16-8-3-5-13(18(16)22)12-27-20-23-17-9-2-1-7-15(17)19(25)24(20)11-14-6-4-10-26-14/h1-10H,11-12H2. The summed E-state index contributed by atoms with van der Waals surface area (Å²) in [6.45, 7) is 0.315. The van der Waals surface area contributed by atoms with E-state index in [1.807, 2.05) is 36.4 Å². The summed E-state index contributed by atoms with van der Waals surface area (Å²) in [4.78, 5) is 17.7. The predicted octanol–water partition coefficient (Wildman–Crippen LogP) is 5.64. The van der Waals surface area contributed by atoms with Crippen LogP contribution in [0.3, 0.4) is 0 Å². The van der Waals surface area contributed by atoms with Gasteiger partial charge < -0.3 is 4.42 Å². The lowest BCUT2D eigenvalue weighted by molar-refractivity contribution is 0.476. The van der Waals surface area contributed by atoms with Gasteiger partial charge >= 0.3 is 0 Å². The number of furan rings is 1. The fourth-order valence-corrected chi connectivity index (χ4v) is 4.22. The molecule has 0 aliphatic heterocycles. The number of hydrogen-bond acceptors (Lipinski definition) is 4. The van der Waals surface area contributed by atoms with Crippen molar-refractivity contribution in [3.63, 3.8) is 0 Å². The van der Waals surface area contributed by atoms with Crippen LogP contribution in [0.1, 0.15) is 11.3 Å². The van der Waals surface area contributed by atoms with Crippen LogP contribution in [0.5, 0.6) is 0 Å². The van der Waals surface area contributed by atoms with Crippen LogP contribution in [0.15, 0.2) is 75.2 Å². The lowest BCUT2D eigenvalue weighted by Crippen LogP contribution is -2.23. The summed E-state index contributed by atoms with van der Waals surface area (Å²) in [7, 11) is 0. The number of para-hydroxylation sites is 1. The van der Waals surface area contributed by atoms with Crippen molar-refractivity contribution in [2.24, 2.45) is 0 Å². The molecular weight excluding hydrogens is 403 g/mol. The maximum atomic E-state index is 13.0. The molecule has 0 spiro atoms. The highest BCUT2D eigenvalue weighted by atomic mass is 35.5. The quantitative estimate of drug-likeness (QED) is 0.312. The molecule has 2 heterocycles. The Bertz CT molecular complexity index is 1160. The first kappa shape index (κ1) is 18.2. The zero-order valence-corrected chi connectivity index (χ0v) is 16.4. The summed E-state index contributed by atoms with van der Waals surface area (Å²) >= 11 is 13.8. The molecule has 0 fully saturated rings. The summed E-state index contributed by atoms with van der Waals surface area (Å²) < 4.78 is 7.05. The van der Waals surface area contributed by atoms with Gasteiger partial charge in [0.2, 0.25) is 0 Å². The Balaban J connectivity index is 1.75. The van der Waals surface area contributed by atoms with Gasteiger partial charge in [0.15, 0.2) is 5.16 Å². The van der Waals surface area contributed by atoms with Gasteiger partial charge in [0.25, 0.3) is 5.56 Å². The molecule has 0 aliphatic carbocycles. The van der Waals surface area contributed by atoms with Crippen molar-refractivity contribution < 1.29 is 4.42 Å². The SMILES string of the molecule is O=c1c2ccccc2nc(SCc2cccc(Cl)c2Cl)n1Cc1ccco1. The smallest absolute Gasteiger partial charge is 0.262 e. The van der Waals surface area contributed by atoms with E-state index >= 15 is 0 Å². The van der Waals surface area contributed by atoms with Crippen molar-refractivity contribution in [2.45, 2.75) is 17.5 Å². The average molecular weight is 417 g/mol. The van der Waals surface area contributed by atoms with Crippen LogP contribution in [-0.4, -0.2) is 9.55 Å². The molecule has 0 amide bonds. The van der Waals surface area contributed by atoms with Gasteiger partial charge in [-0.3, -0.25) is 9.36 Å². The second kappa shape index (κ2) is 7.80. The van der Waals surface area contributed by atoms with Gasteiger partial charge in [-0.1, -0.05) is 59.2 Å². The molecule has 0 aliphatic rings. The van der Waals surface area contributed by atoms with Crippen LogP contribution in [-0.2, 0) is 12.3 Å². The van der Waals surface area contributed by atoms with Crippen molar-refractivity contribution >= 4 is 45.9 Å². The monoisotopic (exact) mass is 416 g/mol. The van der Waals surface area contributed by atoms with Gasteiger partial charge in [-0.15, -0.1) is 0 Å². The molecule has 4 nitrogen and oxygen atoms in total. The highest BCUT2D eigenvalue weighted by Gasteiger charge is 2.14. The Kier molecular flexibility index (Phi) is 5.25. The van der Waals surface area contributed by atoms with Gasteiger partial charge in [0.1, 0.15) is 5.76 Å². The number of fused-ring (bicyclic) bond motifs is 1. The summed E-state index contributed by atoms with van der Waals surface area (Å²) in [5, 5.41) is 2.21. The van der Waals surface area contributed by atoms with E-state index in [-0.39, 0.29) is 5.56 Å². The number of thioether (sulfide) groups is 1. The van der Waals surface area contributed by atoms with Crippen molar-refractivity contribution in [1.82, 2.24) is 9.55 Å². The summed E-state index contributed by atoms with van der Waals surface area (Å²) in [6.07, 6.45) is 1.59. The lowest BCUT2D eigenvalue weighted by atomic mass is 10.2. The minimum Gasteiger partial charge on any atom is -0.467 e. The molecule has 2 aromatic carbocycles. The molecule has 0 saturated heterocycles. The second-order valence-electron chi connectivity index (χ2n) is 5.88. The molecule has 0 unspecified atom stereocenters. The van der Waals surface area contributed by atoms with Crippen LogP contribution in [0.25, 0.3) is 10.9 Å². The molecular formula is C20H14Cl2N2O2S. The molecule has 0 saturated carbocycles. The molecule has 4 rings (SSSR count). The molecule has 2 aromatic heterocycles. The molecule has 0 bridgehead atoms. The van der Waals surface area contributed by atoms with Gasteiger partial charge in [0, 0.05) is 5.75 Å². The van der Waals surface area contributed by atoms with E-state index in [2.05, 4.69) is 0 Å². The molecule has 0 radical (unpaired) electrons. The molecule has 0 N–H and O–H groups in total. The highest BCUT2D eigenvalue weighted by molar-refractivity contribution is 7.98. The van der Waals surface area contributed by atoms with E-state index in [0.29, 0.717) is 44.2 Å². The van der Waals surface area contributed by atoms with Crippen molar-refractivity contribution in [1.29, 1.82) is 0 Å². The summed E-state index contributed by atoms with van der Waals surface area (Å²) in [6, 6.07) is 16.5. The Morgan fingerprint density at radius 3 is 2.70 bits per heavy atom. The van der Waals surface area contributed by atoms with Crippen LogP contribution in [0.4, 0.5) is 0 Å². The maximum absolute atomic E-state index is 13.0. The number of rotatable bonds is 5. The first-order valence-corrected chi connectivity index (χ1v) is 9.95. The predicted molar refractivity (Wildman–Crippen MR) is 110 cm³/mol. The van der Waals surface area contributed by atoms with Gasteiger partial charge in [-0.05, 0) is 35.9 Å². The van der Waals surface area contributed by atoms with Crippen molar-refractivity contribution in [3.05, 3.63) is 92.6 Å². The maximum Gasteiger partial charge on any atom is 0.262 e. The van der Waals surface area contributed by atoms with E-state index < -0.39 is 0 Å². The van der Waals surface area contributed by atoms with E-state index in [0.717, 1.165) is 5.56 Å². The van der Waals surface area contributed by atoms with Crippen LogP contribution in [0, 0.1) is 0 Å². The lowest BCUT2D eigenvalue weighted by Gasteiger charge is -2.12. The van der Waals surface area contributed by atoms with E-state index in [1.54, 1.807) is 29.0 Å². The largest absolute Gasteiger partial charge is 0.467 e. The molecule has 136 valence electrons. The number of benzene rings is 2. The normalized spacial score (nSPS) is 11.2. The summed E-state index contributed by atoms with van der Waals surface area (Å²) in [5.41, 5.74) is 1.45. The summed E-state index contributed by atoms with van der Waals surface area (Å²) in [5.74, 6) is 1.24. The fourth-order valence-electron chi connectivity index (χ4n) is 2.76. The number of aromatic nitrogens is 2. The number of halogens is 2. The third-order valence-corrected chi connectivity index (χ3v) is 5.99. The second-order valence-corrected chi connectivity index (χ2v) is 7.61. The Hall–Kier alpha value is -2.21. The first-order chi connectivity index (χ1) is 13.1. The minimum atomic E-state index is -0.100. The van der Waals surface area contributed by atoms with Crippen LogP contribution < -0.4 is 5.56 Å². The zero-order chi connectivity index (χ0) is 18.8. The average Bonchev–Trinajstić information content (AvgIpc) is 3.19.